The second kappa shape index (κ2) is 6.85. The summed E-state index contributed by atoms with van der Waals surface area (Å²) in [5, 5.41) is 2.14. The Labute approximate surface area is 145 Å². The van der Waals surface area contributed by atoms with Gasteiger partial charge in [-0.25, -0.2) is 0 Å². The van der Waals surface area contributed by atoms with Gasteiger partial charge in [0.05, 0.1) is 0 Å². The molecule has 0 radical (unpaired) electrons. The van der Waals surface area contributed by atoms with Crippen molar-refractivity contribution in [1.82, 2.24) is 0 Å². The molecule has 0 bridgehead atoms. The molecule has 1 aliphatic heterocycles. The Morgan fingerprint density at radius 1 is 1.13 bits per heavy atom. The number of quaternary nitrogens is 1. The van der Waals surface area contributed by atoms with Crippen molar-refractivity contribution in [3.05, 3.63) is 64.1 Å². The molecular weight excluding hydrogens is 352 g/mol. The molecule has 1 aliphatic rings. The minimum Gasteiger partial charge on any atom is -0.330 e. The molecule has 1 amide bonds. The van der Waals surface area contributed by atoms with Crippen LogP contribution in [0.3, 0.4) is 0 Å². The zero-order valence-electron chi connectivity index (χ0n) is 13.5. The van der Waals surface area contributed by atoms with Crippen LogP contribution in [0.2, 0.25) is 0 Å². The molecular formula is C19H22BrN2O+. The van der Waals surface area contributed by atoms with E-state index in [9.17, 15) is 4.79 Å². The van der Waals surface area contributed by atoms with Crippen molar-refractivity contribution < 1.29 is 10.1 Å². The van der Waals surface area contributed by atoms with E-state index in [-0.39, 0.29) is 18.0 Å². The fraction of sp³-hybridized carbons (Fsp3) is 0.316. The van der Waals surface area contributed by atoms with Gasteiger partial charge < -0.3 is 10.2 Å². The molecule has 2 N–H and O–H groups in total. The second-order valence-electron chi connectivity index (χ2n) is 6.16. The summed E-state index contributed by atoms with van der Waals surface area (Å²) in [7, 11) is 0. The number of carbonyl (C=O) groups excluding carboxylic acids is 1. The Morgan fingerprint density at radius 3 is 2.61 bits per heavy atom. The third kappa shape index (κ3) is 3.33. The third-order valence-electron chi connectivity index (χ3n) is 4.52. The molecule has 0 spiro atoms. The van der Waals surface area contributed by atoms with E-state index in [1.807, 2.05) is 48.2 Å². The van der Waals surface area contributed by atoms with Gasteiger partial charge in [0.2, 0.25) is 0 Å². The summed E-state index contributed by atoms with van der Waals surface area (Å²) in [4.78, 5) is 14.8. The number of carbonyl (C=O) groups is 1. The summed E-state index contributed by atoms with van der Waals surface area (Å²) in [5.41, 5.74) is 3.56. The fourth-order valence-corrected chi connectivity index (χ4v) is 3.92. The summed E-state index contributed by atoms with van der Waals surface area (Å²) in [6.45, 7) is 4.93. The van der Waals surface area contributed by atoms with Crippen LogP contribution >= 0.6 is 15.9 Å². The van der Waals surface area contributed by atoms with E-state index < -0.39 is 0 Å². The number of rotatable bonds is 4. The van der Waals surface area contributed by atoms with Gasteiger partial charge in [0.25, 0.3) is 5.91 Å². The van der Waals surface area contributed by atoms with E-state index in [2.05, 4.69) is 40.3 Å². The Kier molecular flexibility index (Phi) is 4.83. The second-order valence-corrected chi connectivity index (χ2v) is 7.01. The number of benzene rings is 2. The smallest absolute Gasteiger partial charge is 0.284 e. The van der Waals surface area contributed by atoms with Gasteiger partial charge in [-0.1, -0.05) is 52.3 Å². The van der Waals surface area contributed by atoms with E-state index >= 15 is 0 Å². The number of para-hydroxylation sites is 1. The van der Waals surface area contributed by atoms with E-state index in [0.717, 1.165) is 23.1 Å². The van der Waals surface area contributed by atoms with Gasteiger partial charge in [0, 0.05) is 22.3 Å². The highest BCUT2D eigenvalue weighted by atomic mass is 79.9. The van der Waals surface area contributed by atoms with Crippen molar-refractivity contribution in [2.24, 2.45) is 0 Å². The van der Waals surface area contributed by atoms with Gasteiger partial charge >= 0.3 is 0 Å². The van der Waals surface area contributed by atoms with E-state index in [1.165, 1.54) is 11.1 Å². The average molecular weight is 374 g/mol. The first kappa shape index (κ1) is 16.2. The zero-order chi connectivity index (χ0) is 16.4. The molecule has 3 rings (SSSR count). The highest BCUT2D eigenvalue weighted by molar-refractivity contribution is 9.10. The first-order chi connectivity index (χ1) is 11.1. The van der Waals surface area contributed by atoms with Gasteiger partial charge in [-0.15, -0.1) is 0 Å². The predicted octanol–water partition coefficient (Wildman–Crippen LogP) is 3.05. The summed E-state index contributed by atoms with van der Waals surface area (Å²) in [5.74, 6) is 0.189. The maximum Gasteiger partial charge on any atom is 0.284 e. The minimum absolute atomic E-state index is 0.108. The highest BCUT2D eigenvalue weighted by Gasteiger charge is 2.30. The van der Waals surface area contributed by atoms with Crippen LogP contribution in [0.4, 0.5) is 5.69 Å². The van der Waals surface area contributed by atoms with E-state index in [1.54, 1.807) is 0 Å². The lowest BCUT2D eigenvalue weighted by molar-refractivity contribution is -0.710. The molecule has 1 heterocycles. The Balaban J connectivity index is 1.70. The van der Waals surface area contributed by atoms with E-state index in [4.69, 9.17) is 0 Å². The molecule has 0 unspecified atom stereocenters. The number of halogens is 1. The molecule has 23 heavy (non-hydrogen) atoms. The molecule has 0 saturated carbocycles. The lowest BCUT2D eigenvalue weighted by Crippen LogP contribution is -2.92. The average Bonchev–Trinajstić information content (AvgIpc) is 2.98. The van der Waals surface area contributed by atoms with Crippen molar-refractivity contribution in [2.75, 3.05) is 11.4 Å². The summed E-state index contributed by atoms with van der Waals surface area (Å²) < 4.78 is 1.09. The third-order valence-corrected chi connectivity index (χ3v) is 5.24. The number of anilines is 1. The van der Waals surface area contributed by atoms with Crippen molar-refractivity contribution in [2.45, 2.75) is 32.4 Å². The van der Waals surface area contributed by atoms with Crippen LogP contribution in [0, 0.1) is 0 Å². The molecule has 0 saturated heterocycles. The molecule has 2 aromatic carbocycles. The SMILES string of the molecule is C[C@H]([NH2+][C@@H](C)c1ccccc1Br)C(=O)N1CCc2ccccc21. The monoisotopic (exact) mass is 373 g/mol. The molecule has 0 aromatic heterocycles. The van der Waals surface area contributed by atoms with Gasteiger partial charge in [0.15, 0.2) is 6.04 Å². The molecule has 2 aromatic rings. The Bertz CT molecular complexity index is 716. The minimum atomic E-state index is -0.108. The number of hydrogen-bond donors (Lipinski definition) is 1. The standard InChI is InChI=1S/C19H21BrN2O/c1-13(16-8-4-5-9-17(16)20)21-14(2)19(23)22-12-11-15-7-3-6-10-18(15)22/h3-10,13-14,21H,11-12H2,1-2H3/p+1/t13-,14-/m0/s1. The quantitative estimate of drug-likeness (QED) is 0.878. The van der Waals surface area contributed by atoms with Gasteiger partial charge in [-0.3, -0.25) is 4.79 Å². The Morgan fingerprint density at radius 2 is 1.83 bits per heavy atom. The van der Waals surface area contributed by atoms with Gasteiger partial charge in [-0.2, -0.15) is 0 Å². The first-order valence-corrected chi connectivity index (χ1v) is 8.86. The number of amides is 1. The van der Waals surface area contributed by atoms with Crippen molar-refractivity contribution in [1.29, 1.82) is 0 Å². The molecule has 2 atom stereocenters. The summed E-state index contributed by atoms with van der Waals surface area (Å²) in [6, 6.07) is 16.5. The molecule has 3 nitrogen and oxygen atoms in total. The van der Waals surface area contributed by atoms with E-state index in [0.29, 0.717) is 0 Å². The molecule has 4 heteroatoms. The largest absolute Gasteiger partial charge is 0.330 e. The first-order valence-electron chi connectivity index (χ1n) is 8.06. The predicted molar refractivity (Wildman–Crippen MR) is 96.4 cm³/mol. The van der Waals surface area contributed by atoms with Crippen molar-refractivity contribution in [3.63, 3.8) is 0 Å². The summed E-state index contributed by atoms with van der Waals surface area (Å²) in [6.07, 6.45) is 0.953. The van der Waals surface area contributed by atoms with Crippen molar-refractivity contribution in [3.8, 4) is 0 Å². The van der Waals surface area contributed by atoms with Gasteiger partial charge in [0.1, 0.15) is 6.04 Å². The fourth-order valence-electron chi connectivity index (χ4n) is 3.28. The van der Waals surface area contributed by atoms with Crippen LogP contribution < -0.4 is 10.2 Å². The zero-order valence-corrected chi connectivity index (χ0v) is 15.1. The van der Waals surface area contributed by atoms with Crippen LogP contribution in [0.15, 0.2) is 53.0 Å². The van der Waals surface area contributed by atoms with Crippen LogP contribution in [-0.2, 0) is 11.2 Å². The topological polar surface area (TPSA) is 36.9 Å². The van der Waals surface area contributed by atoms with Crippen LogP contribution in [0.1, 0.15) is 31.0 Å². The Hall–Kier alpha value is -1.65. The number of nitrogens with two attached hydrogens (primary N) is 1. The van der Waals surface area contributed by atoms with Crippen molar-refractivity contribution >= 4 is 27.5 Å². The maximum atomic E-state index is 12.8. The molecule has 0 aliphatic carbocycles. The normalized spacial score (nSPS) is 16.0. The molecule has 120 valence electrons. The number of fused-ring (bicyclic) bond motifs is 1. The number of hydrogen-bond acceptors (Lipinski definition) is 1. The van der Waals surface area contributed by atoms with Crippen LogP contribution in [-0.4, -0.2) is 18.5 Å². The lowest BCUT2D eigenvalue weighted by Gasteiger charge is -2.23. The number of nitrogens with zero attached hydrogens (tertiary/aromatic N) is 1. The van der Waals surface area contributed by atoms with Gasteiger partial charge in [-0.05, 0) is 38.0 Å². The summed E-state index contributed by atoms with van der Waals surface area (Å²) >= 11 is 3.60. The lowest BCUT2D eigenvalue weighted by atomic mass is 10.1. The van der Waals surface area contributed by atoms with Crippen LogP contribution in [0.5, 0.6) is 0 Å². The molecule has 0 fully saturated rings. The maximum absolute atomic E-state index is 12.8. The van der Waals surface area contributed by atoms with Crippen LogP contribution in [0.25, 0.3) is 0 Å². The highest BCUT2D eigenvalue weighted by Crippen LogP contribution is 2.27.